The number of aryl methyl sites for hydroxylation is 2. The predicted molar refractivity (Wildman–Crippen MR) is 119 cm³/mol. The van der Waals surface area contributed by atoms with E-state index >= 15 is 0 Å². The second-order valence-corrected chi connectivity index (χ2v) is 7.85. The van der Waals surface area contributed by atoms with Crippen molar-refractivity contribution in [3.63, 3.8) is 0 Å². The number of rotatable bonds is 6. The molecule has 4 rings (SSSR count). The smallest absolute Gasteiger partial charge is 0.226 e. The largest absolute Gasteiger partial charge is 0.354 e. The van der Waals surface area contributed by atoms with E-state index in [9.17, 15) is 9.59 Å². The van der Waals surface area contributed by atoms with Crippen LogP contribution in [-0.2, 0) is 4.79 Å². The van der Waals surface area contributed by atoms with Crippen LogP contribution in [0, 0.1) is 13.8 Å². The number of nitrogens with zero attached hydrogens (tertiary/aromatic N) is 3. The number of para-hydroxylation sites is 2. The number of aromatic nitrogens is 2. The van der Waals surface area contributed by atoms with Crippen LogP contribution >= 0.6 is 0 Å². The van der Waals surface area contributed by atoms with E-state index in [-0.39, 0.29) is 24.5 Å². The number of hydrogen-bond donors (Lipinski definition) is 1. The Kier molecular flexibility index (Phi) is 5.74. The molecule has 0 bridgehead atoms. The number of fused-ring (bicyclic) bond motifs is 1. The van der Waals surface area contributed by atoms with Gasteiger partial charge < -0.3 is 10.2 Å². The van der Waals surface area contributed by atoms with Crippen LogP contribution < -0.4 is 10.2 Å². The van der Waals surface area contributed by atoms with E-state index in [0.717, 1.165) is 48.1 Å². The Labute approximate surface area is 176 Å². The van der Waals surface area contributed by atoms with Gasteiger partial charge in [0.05, 0.1) is 11.0 Å². The first kappa shape index (κ1) is 20.0. The highest BCUT2D eigenvalue weighted by atomic mass is 16.2. The highest BCUT2D eigenvalue weighted by Gasteiger charge is 2.21. The molecule has 1 N–H and O–H groups in total. The second kappa shape index (κ2) is 8.61. The minimum atomic E-state index is -0.225. The van der Waals surface area contributed by atoms with E-state index in [4.69, 9.17) is 4.98 Å². The summed E-state index contributed by atoms with van der Waals surface area (Å²) in [5, 5.41) is 2.90. The lowest BCUT2D eigenvalue weighted by Crippen LogP contribution is -2.23. The number of carbonyl (C=O) groups excluding carboxylic acids is 2. The van der Waals surface area contributed by atoms with Crippen molar-refractivity contribution in [3.8, 4) is 0 Å². The average molecular weight is 402 g/mol. The molecule has 1 fully saturated rings. The van der Waals surface area contributed by atoms with E-state index in [1.807, 2.05) is 56.3 Å². The molecule has 1 amide bonds. The van der Waals surface area contributed by atoms with E-state index in [1.165, 1.54) is 0 Å². The molecule has 0 spiro atoms. The summed E-state index contributed by atoms with van der Waals surface area (Å²) in [4.78, 5) is 36.7. The highest BCUT2D eigenvalue weighted by Crippen LogP contribution is 2.28. The van der Waals surface area contributed by atoms with Crippen molar-refractivity contribution in [2.45, 2.75) is 39.5 Å². The Morgan fingerprint density at radius 2 is 1.63 bits per heavy atom. The number of ketones is 1. The molecule has 1 aliphatic heterocycles. The van der Waals surface area contributed by atoms with Gasteiger partial charge in [0.1, 0.15) is 0 Å². The molecule has 0 saturated carbocycles. The zero-order valence-electron chi connectivity index (χ0n) is 17.4. The molecule has 154 valence electrons. The minimum Gasteiger partial charge on any atom is -0.354 e. The molecular weight excluding hydrogens is 376 g/mol. The van der Waals surface area contributed by atoms with Gasteiger partial charge >= 0.3 is 0 Å². The van der Waals surface area contributed by atoms with Crippen LogP contribution in [0.1, 0.15) is 47.2 Å². The van der Waals surface area contributed by atoms with Gasteiger partial charge in [0.15, 0.2) is 17.4 Å². The minimum absolute atomic E-state index is 0.0300. The SMILES string of the molecule is Cc1ccc(C(=O)CCC(=O)Nc2nc3ccccc3nc2N2CCCC2)cc1C. The van der Waals surface area contributed by atoms with Crippen molar-refractivity contribution < 1.29 is 9.59 Å². The first-order valence-electron chi connectivity index (χ1n) is 10.4. The average Bonchev–Trinajstić information content (AvgIpc) is 3.28. The number of nitrogens with one attached hydrogen (secondary N) is 1. The number of anilines is 2. The molecule has 2 heterocycles. The highest BCUT2D eigenvalue weighted by molar-refractivity contribution is 6.01. The normalized spacial score (nSPS) is 13.6. The van der Waals surface area contributed by atoms with Gasteiger partial charge in [-0.25, -0.2) is 9.97 Å². The van der Waals surface area contributed by atoms with E-state index in [0.29, 0.717) is 17.2 Å². The van der Waals surface area contributed by atoms with Crippen LogP contribution in [0.2, 0.25) is 0 Å². The molecule has 0 unspecified atom stereocenters. The molecule has 2 aromatic carbocycles. The van der Waals surface area contributed by atoms with Crippen LogP contribution in [0.25, 0.3) is 11.0 Å². The van der Waals surface area contributed by atoms with Crippen LogP contribution in [0.15, 0.2) is 42.5 Å². The Balaban J connectivity index is 1.48. The topological polar surface area (TPSA) is 75.2 Å². The molecular formula is C24H26N4O2. The van der Waals surface area contributed by atoms with Gasteiger partial charge in [0, 0.05) is 31.5 Å². The monoisotopic (exact) mass is 402 g/mol. The van der Waals surface area contributed by atoms with Crippen LogP contribution in [0.4, 0.5) is 11.6 Å². The fraction of sp³-hybridized carbons (Fsp3) is 0.333. The van der Waals surface area contributed by atoms with Crippen molar-refractivity contribution in [2.24, 2.45) is 0 Å². The van der Waals surface area contributed by atoms with E-state index < -0.39 is 0 Å². The standard InChI is InChI=1S/C24H26N4O2/c1-16-9-10-18(15-17(16)2)21(29)11-12-22(30)27-23-24(28-13-5-6-14-28)26-20-8-4-3-7-19(20)25-23/h3-4,7-10,15H,5-6,11-14H2,1-2H3,(H,25,27,30). The van der Waals surface area contributed by atoms with Crippen molar-refractivity contribution in [2.75, 3.05) is 23.3 Å². The van der Waals surface area contributed by atoms with Gasteiger partial charge in [0.2, 0.25) is 5.91 Å². The molecule has 1 saturated heterocycles. The summed E-state index contributed by atoms with van der Waals surface area (Å²) in [5.74, 6) is 0.925. The lowest BCUT2D eigenvalue weighted by Gasteiger charge is -2.20. The van der Waals surface area contributed by atoms with Gasteiger partial charge in [-0.2, -0.15) is 0 Å². The predicted octanol–water partition coefficient (Wildman–Crippen LogP) is 4.45. The Morgan fingerprint density at radius 1 is 0.933 bits per heavy atom. The van der Waals surface area contributed by atoms with Gasteiger partial charge in [0.25, 0.3) is 0 Å². The summed E-state index contributed by atoms with van der Waals surface area (Å²) in [6, 6.07) is 13.3. The maximum atomic E-state index is 12.6. The Bertz CT molecular complexity index is 1100. The quantitative estimate of drug-likeness (QED) is 0.617. The number of carbonyl (C=O) groups is 2. The number of hydrogen-bond acceptors (Lipinski definition) is 5. The van der Waals surface area contributed by atoms with Crippen LogP contribution in [-0.4, -0.2) is 34.7 Å². The van der Waals surface area contributed by atoms with Crippen molar-refractivity contribution in [1.82, 2.24) is 9.97 Å². The number of Topliss-reactive ketones (excluding diaryl/α,β-unsaturated/α-hetero) is 1. The summed E-state index contributed by atoms with van der Waals surface area (Å²) >= 11 is 0. The van der Waals surface area contributed by atoms with Crippen molar-refractivity contribution in [1.29, 1.82) is 0 Å². The lowest BCUT2D eigenvalue weighted by molar-refractivity contribution is -0.116. The molecule has 0 aliphatic carbocycles. The van der Waals surface area contributed by atoms with Crippen molar-refractivity contribution in [3.05, 3.63) is 59.2 Å². The van der Waals surface area contributed by atoms with Crippen LogP contribution in [0.5, 0.6) is 0 Å². The third-order valence-electron chi connectivity index (χ3n) is 5.62. The Morgan fingerprint density at radius 3 is 2.33 bits per heavy atom. The first-order chi connectivity index (χ1) is 14.5. The third-order valence-corrected chi connectivity index (χ3v) is 5.62. The lowest BCUT2D eigenvalue weighted by atomic mass is 10.0. The fourth-order valence-corrected chi connectivity index (χ4v) is 3.70. The second-order valence-electron chi connectivity index (χ2n) is 7.85. The first-order valence-corrected chi connectivity index (χ1v) is 10.4. The maximum Gasteiger partial charge on any atom is 0.226 e. The fourth-order valence-electron chi connectivity index (χ4n) is 3.70. The zero-order chi connectivity index (χ0) is 21.1. The molecule has 0 atom stereocenters. The molecule has 1 aromatic heterocycles. The summed E-state index contributed by atoms with van der Waals surface area (Å²) in [5.41, 5.74) is 4.42. The molecule has 3 aromatic rings. The molecule has 6 heteroatoms. The number of amides is 1. The van der Waals surface area contributed by atoms with E-state index in [2.05, 4.69) is 15.2 Å². The van der Waals surface area contributed by atoms with Gasteiger partial charge in [-0.15, -0.1) is 0 Å². The molecule has 0 radical (unpaired) electrons. The number of benzene rings is 2. The van der Waals surface area contributed by atoms with Crippen LogP contribution in [0.3, 0.4) is 0 Å². The van der Waals surface area contributed by atoms with Gasteiger partial charge in [-0.1, -0.05) is 24.3 Å². The van der Waals surface area contributed by atoms with Gasteiger partial charge in [-0.3, -0.25) is 9.59 Å². The zero-order valence-corrected chi connectivity index (χ0v) is 17.4. The maximum absolute atomic E-state index is 12.6. The summed E-state index contributed by atoms with van der Waals surface area (Å²) < 4.78 is 0. The summed E-state index contributed by atoms with van der Waals surface area (Å²) in [6.07, 6.45) is 2.48. The molecule has 1 aliphatic rings. The molecule has 30 heavy (non-hydrogen) atoms. The summed E-state index contributed by atoms with van der Waals surface area (Å²) in [6.45, 7) is 5.80. The third kappa shape index (κ3) is 4.32. The molecule has 6 nitrogen and oxygen atoms in total. The summed E-state index contributed by atoms with van der Waals surface area (Å²) in [7, 11) is 0. The van der Waals surface area contributed by atoms with Gasteiger partial charge in [-0.05, 0) is 56.0 Å². The Hall–Kier alpha value is -3.28. The van der Waals surface area contributed by atoms with Crippen molar-refractivity contribution >= 4 is 34.4 Å². The van der Waals surface area contributed by atoms with E-state index in [1.54, 1.807) is 0 Å².